The lowest BCUT2D eigenvalue weighted by molar-refractivity contribution is -0.126. The average Bonchev–Trinajstić information content (AvgIpc) is 2.88. The van der Waals surface area contributed by atoms with Crippen molar-refractivity contribution in [1.82, 2.24) is 14.9 Å². The van der Waals surface area contributed by atoms with E-state index in [2.05, 4.69) is 27.3 Å². The monoisotopic (exact) mass is 488 g/mol. The van der Waals surface area contributed by atoms with Gasteiger partial charge in [-0.1, -0.05) is 38.1 Å². The van der Waals surface area contributed by atoms with Gasteiger partial charge < -0.3 is 10.2 Å². The summed E-state index contributed by atoms with van der Waals surface area (Å²) in [6.07, 6.45) is 5.72. The predicted octanol–water partition coefficient (Wildman–Crippen LogP) is 4.81. The zero-order chi connectivity index (χ0) is 25.7. The van der Waals surface area contributed by atoms with E-state index in [1.165, 1.54) is 37.1 Å². The van der Waals surface area contributed by atoms with Gasteiger partial charge in [-0.05, 0) is 68.4 Å². The quantitative estimate of drug-likeness (QED) is 0.467. The molecule has 1 aromatic heterocycles. The first kappa shape index (κ1) is 25.6. The van der Waals surface area contributed by atoms with E-state index >= 15 is 0 Å². The van der Waals surface area contributed by atoms with Crippen molar-refractivity contribution in [3.8, 4) is 0 Å². The van der Waals surface area contributed by atoms with Crippen LogP contribution < -0.4 is 15.8 Å². The summed E-state index contributed by atoms with van der Waals surface area (Å²) >= 11 is 0. The highest BCUT2D eigenvalue weighted by Crippen LogP contribution is 2.27. The smallest absolute Gasteiger partial charge is 0.261 e. The Kier molecular flexibility index (Phi) is 8.18. The minimum Gasteiger partial charge on any atom is -0.372 e. The number of carbonyl (C=O) groups is 2. The minimum absolute atomic E-state index is 0.00590. The number of piperidine rings is 1. The molecular weight excluding hydrogens is 452 g/mol. The highest BCUT2D eigenvalue weighted by atomic mass is 16.2. The maximum absolute atomic E-state index is 13.7. The second kappa shape index (κ2) is 11.5. The Labute approximate surface area is 212 Å². The van der Waals surface area contributed by atoms with Crippen molar-refractivity contribution >= 4 is 28.3 Å². The van der Waals surface area contributed by atoms with E-state index in [9.17, 15) is 14.4 Å². The largest absolute Gasteiger partial charge is 0.372 e. The summed E-state index contributed by atoms with van der Waals surface area (Å²) in [7, 11) is 0. The number of amides is 1. The third kappa shape index (κ3) is 6.01. The summed E-state index contributed by atoms with van der Waals surface area (Å²) in [4.78, 5) is 46.0. The van der Waals surface area contributed by atoms with Crippen molar-refractivity contribution in [2.75, 3.05) is 18.0 Å². The lowest BCUT2D eigenvalue weighted by Crippen LogP contribution is -2.40. The summed E-state index contributed by atoms with van der Waals surface area (Å²) in [6.45, 7) is 7.62. The summed E-state index contributed by atoms with van der Waals surface area (Å²) in [5, 5.41) is 3.59. The highest BCUT2D eigenvalue weighted by Gasteiger charge is 2.27. The molecule has 1 N–H and O–H groups in total. The van der Waals surface area contributed by atoms with Gasteiger partial charge in [0.25, 0.3) is 5.56 Å². The van der Waals surface area contributed by atoms with Gasteiger partial charge in [0, 0.05) is 25.2 Å². The number of para-hydroxylation sites is 1. The molecule has 0 unspecified atom stereocenters. The number of nitrogens with one attached hydrogen (secondary N) is 1. The fourth-order valence-electron chi connectivity index (χ4n) is 5.00. The van der Waals surface area contributed by atoms with Gasteiger partial charge in [0.15, 0.2) is 0 Å². The number of anilines is 1. The number of rotatable bonds is 9. The molecule has 1 aliphatic heterocycles. The molecule has 4 rings (SSSR count). The van der Waals surface area contributed by atoms with E-state index in [1.54, 1.807) is 18.2 Å². The zero-order valence-corrected chi connectivity index (χ0v) is 21.4. The number of fused-ring (bicyclic) bond motifs is 1. The summed E-state index contributed by atoms with van der Waals surface area (Å²) < 4.78 is 1.44. The first-order valence-corrected chi connectivity index (χ1v) is 12.9. The summed E-state index contributed by atoms with van der Waals surface area (Å²) in [5.41, 5.74) is 2.38. The van der Waals surface area contributed by atoms with Gasteiger partial charge >= 0.3 is 0 Å². The van der Waals surface area contributed by atoms with Crippen LogP contribution in [-0.2, 0) is 9.59 Å². The van der Waals surface area contributed by atoms with Crippen LogP contribution in [0.2, 0.25) is 0 Å². The van der Waals surface area contributed by atoms with Crippen molar-refractivity contribution in [2.45, 2.75) is 65.0 Å². The van der Waals surface area contributed by atoms with Crippen LogP contribution in [0.4, 0.5) is 5.69 Å². The SMILES string of the molecule is CC(=O)C[C@H](NC(=O)[C@H](CC(C)C)n1cnc2ccccc2c1=O)c1cccc(N2CCCCC2)c1. The van der Waals surface area contributed by atoms with Crippen LogP contribution >= 0.6 is 0 Å². The van der Waals surface area contributed by atoms with E-state index in [4.69, 9.17) is 0 Å². The molecule has 0 spiro atoms. The summed E-state index contributed by atoms with van der Waals surface area (Å²) in [6, 6.07) is 14.1. The molecule has 0 saturated carbocycles. The molecule has 7 heteroatoms. The number of ketones is 1. The second-order valence-corrected chi connectivity index (χ2v) is 10.2. The van der Waals surface area contributed by atoms with Gasteiger partial charge in [0.2, 0.25) is 5.91 Å². The standard InChI is InChI=1S/C29H36N4O3/c1-20(2)16-27(33-19-30-25-13-6-5-12-24(25)29(33)36)28(35)31-26(17-21(3)34)22-10-9-11-23(18-22)32-14-7-4-8-15-32/h5-6,9-13,18-20,26-27H,4,7-8,14-17H2,1-3H3,(H,31,35)/t26-,27-/m0/s1. The third-order valence-corrected chi connectivity index (χ3v) is 6.83. The molecule has 2 aromatic carbocycles. The first-order chi connectivity index (χ1) is 17.3. The number of aromatic nitrogens is 2. The maximum atomic E-state index is 13.7. The molecule has 7 nitrogen and oxygen atoms in total. The van der Waals surface area contributed by atoms with Crippen molar-refractivity contribution in [3.63, 3.8) is 0 Å². The van der Waals surface area contributed by atoms with Crippen LogP contribution in [0, 0.1) is 5.92 Å². The Balaban J connectivity index is 1.65. The van der Waals surface area contributed by atoms with Gasteiger partial charge in [0.05, 0.1) is 23.3 Å². The van der Waals surface area contributed by atoms with Crippen molar-refractivity contribution in [2.24, 2.45) is 5.92 Å². The van der Waals surface area contributed by atoms with Gasteiger partial charge in [0.1, 0.15) is 11.8 Å². The number of Topliss-reactive ketones (excluding diaryl/α,β-unsaturated/α-hetero) is 1. The maximum Gasteiger partial charge on any atom is 0.261 e. The van der Waals surface area contributed by atoms with Crippen LogP contribution in [0.5, 0.6) is 0 Å². The van der Waals surface area contributed by atoms with E-state index in [0.29, 0.717) is 17.3 Å². The van der Waals surface area contributed by atoms with Gasteiger partial charge in [-0.2, -0.15) is 0 Å². The molecule has 0 radical (unpaired) electrons. The van der Waals surface area contributed by atoms with Crippen LogP contribution in [0.3, 0.4) is 0 Å². The van der Waals surface area contributed by atoms with Gasteiger partial charge in [-0.3, -0.25) is 19.0 Å². The topological polar surface area (TPSA) is 84.3 Å². The van der Waals surface area contributed by atoms with Crippen molar-refractivity contribution in [1.29, 1.82) is 0 Å². The lowest BCUT2D eigenvalue weighted by atomic mass is 9.98. The third-order valence-electron chi connectivity index (χ3n) is 6.83. The molecule has 1 saturated heterocycles. The highest BCUT2D eigenvalue weighted by molar-refractivity contribution is 5.83. The molecular formula is C29H36N4O3. The molecule has 1 fully saturated rings. The van der Waals surface area contributed by atoms with Gasteiger partial charge in [-0.25, -0.2) is 4.98 Å². The van der Waals surface area contributed by atoms with E-state index in [-0.39, 0.29) is 29.6 Å². The molecule has 190 valence electrons. The molecule has 3 aromatic rings. The number of hydrogen-bond donors (Lipinski definition) is 1. The van der Waals surface area contributed by atoms with E-state index in [0.717, 1.165) is 24.3 Å². The fourth-order valence-corrected chi connectivity index (χ4v) is 5.00. The molecule has 2 heterocycles. The minimum atomic E-state index is -0.727. The normalized spacial score (nSPS) is 15.6. The summed E-state index contributed by atoms with van der Waals surface area (Å²) in [5.74, 6) is -0.112. The molecule has 2 atom stereocenters. The number of benzene rings is 2. The van der Waals surface area contributed by atoms with Gasteiger partial charge in [-0.15, -0.1) is 0 Å². The Morgan fingerprint density at radius 1 is 1.03 bits per heavy atom. The molecule has 1 aliphatic rings. The zero-order valence-electron chi connectivity index (χ0n) is 21.4. The average molecular weight is 489 g/mol. The Bertz CT molecular complexity index is 1280. The Morgan fingerprint density at radius 3 is 2.50 bits per heavy atom. The van der Waals surface area contributed by atoms with Crippen LogP contribution in [-0.4, -0.2) is 34.3 Å². The Morgan fingerprint density at radius 2 is 1.78 bits per heavy atom. The van der Waals surface area contributed by atoms with Crippen LogP contribution in [0.25, 0.3) is 10.9 Å². The molecule has 0 bridgehead atoms. The number of hydrogen-bond acceptors (Lipinski definition) is 5. The predicted molar refractivity (Wildman–Crippen MR) is 143 cm³/mol. The lowest BCUT2D eigenvalue weighted by Gasteiger charge is -2.30. The molecule has 1 amide bonds. The Hall–Kier alpha value is -3.48. The van der Waals surface area contributed by atoms with Crippen molar-refractivity contribution < 1.29 is 9.59 Å². The van der Waals surface area contributed by atoms with Crippen LogP contribution in [0.1, 0.15) is 70.5 Å². The van der Waals surface area contributed by atoms with Crippen LogP contribution in [0.15, 0.2) is 59.7 Å². The first-order valence-electron chi connectivity index (χ1n) is 12.9. The molecule has 36 heavy (non-hydrogen) atoms. The van der Waals surface area contributed by atoms with Crippen molar-refractivity contribution in [3.05, 3.63) is 70.8 Å². The number of carbonyl (C=O) groups excluding carboxylic acids is 2. The number of nitrogens with zero attached hydrogens (tertiary/aromatic N) is 3. The van der Waals surface area contributed by atoms with E-state index < -0.39 is 12.1 Å². The second-order valence-electron chi connectivity index (χ2n) is 10.2. The fraction of sp³-hybridized carbons (Fsp3) is 0.448. The molecule has 0 aliphatic carbocycles. The van der Waals surface area contributed by atoms with E-state index in [1.807, 2.05) is 32.0 Å².